The molecule has 2 aromatic rings. The van der Waals surface area contributed by atoms with Crippen LogP contribution in [0, 0.1) is 0 Å². The summed E-state index contributed by atoms with van der Waals surface area (Å²) >= 11 is 0. The van der Waals surface area contributed by atoms with Crippen LogP contribution in [0.25, 0.3) is 0 Å². The Morgan fingerprint density at radius 2 is 1.69 bits per heavy atom. The topological polar surface area (TPSA) is 105 Å². The van der Waals surface area contributed by atoms with Crippen LogP contribution >= 0.6 is 0 Å². The van der Waals surface area contributed by atoms with Crippen LogP contribution in [0.5, 0.6) is 11.5 Å². The van der Waals surface area contributed by atoms with E-state index in [-0.39, 0.29) is 24.2 Å². The van der Waals surface area contributed by atoms with E-state index in [4.69, 9.17) is 9.47 Å². The number of amides is 2. The summed E-state index contributed by atoms with van der Waals surface area (Å²) in [5, 5.41) is 2.95. The largest absolute Gasteiger partial charge is 0.497 e. The first-order valence-electron chi connectivity index (χ1n) is 11.9. The van der Waals surface area contributed by atoms with Crippen molar-refractivity contribution in [1.29, 1.82) is 0 Å². The first kappa shape index (κ1) is 29.0. The summed E-state index contributed by atoms with van der Waals surface area (Å²) in [6, 6.07) is 12.9. The highest BCUT2D eigenvalue weighted by Gasteiger charge is 2.32. The van der Waals surface area contributed by atoms with E-state index in [2.05, 4.69) is 5.32 Å². The van der Waals surface area contributed by atoms with Gasteiger partial charge in [0.1, 0.15) is 24.1 Å². The molecule has 2 rings (SSSR count). The van der Waals surface area contributed by atoms with Gasteiger partial charge in [-0.3, -0.25) is 13.9 Å². The Labute approximate surface area is 214 Å². The minimum Gasteiger partial charge on any atom is -0.497 e. The zero-order valence-corrected chi connectivity index (χ0v) is 22.7. The summed E-state index contributed by atoms with van der Waals surface area (Å²) in [7, 11) is -0.871. The van der Waals surface area contributed by atoms with Gasteiger partial charge in [-0.25, -0.2) is 8.42 Å². The number of carbonyl (C=O) groups is 2. The number of rotatable bonds is 13. The maximum atomic E-state index is 13.8. The Balaban J connectivity index is 2.49. The highest BCUT2D eigenvalue weighted by atomic mass is 32.2. The van der Waals surface area contributed by atoms with Crippen molar-refractivity contribution in [3.63, 3.8) is 0 Å². The van der Waals surface area contributed by atoms with Crippen LogP contribution in [-0.4, -0.2) is 64.2 Å². The summed E-state index contributed by atoms with van der Waals surface area (Å²) < 4.78 is 37.2. The molecule has 0 fully saturated rings. The molecule has 0 saturated heterocycles. The first-order chi connectivity index (χ1) is 17.0. The standard InChI is InChI=1S/C26H37N3O6S/c1-7-19(3)27-26(31)22(8-2)28(17-20-12-11-13-21(16-20)34-4)25(30)18-29(36(6,32)33)23-14-9-10-15-24(23)35-5/h9-16,19,22H,7-8,17-18H2,1-6H3,(H,27,31)/t19-,22-/m1/s1. The summed E-state index contributed by atoms with van der Waals surface area (Å²) in [6.45, 7) is 5.29. The summed E-state index contributed by atoms with van der Waals surface area (Å²) in [6.07, 6.45) is 2.12. The Morgan fingerprint density at radius 1 is 1.00 bits per heavy atom. The van der Waals surface area contributed by atoms with Gasteiger partial charge in [-0.1, -0.05) is 38.1 Å². The molecule has 0 saturated carbocycles. The van der Waals surface area contributed by atoms with Crippen LogP contribution in [0.2, 0.25) is 0 Å². The number of methoxy groups -OCH3 is 2. The molecule has 10 heteroatoms. The molecule has 0 aliphatic carbocycles. The number of para-hydroxylation sites is 2. The number of benzene rings is 2. The van der Waals surface area contributed by atoms with Crippen molar-refractivity contribution in [2.45, 2.75) is 52.2 Å². The Morgan fingerprint density at radius 3 is 2.28 bits per heavy atom. The second kappa shape index (κ2) is 13.2. The van der Waals surface area contributed by atoms with Crippen molar-refractivity contribution in [2.75, 3.05) is 31.3 Å². The molecule has 2 aromatic carbocycles. The third-order valence-corrected chi connectivity index (χ3v) is 7.03. The van der Waals surface area contributed by atoms with Crippen LogP contribution in [0.4, 0.5) is 5.69 Å². The van der Waals surface area contributed by atoms with Crippen molar-refractivity contribution in [2.24, 2.45) is 0 Å². The maximum Gasteiger partial charge on any atom is 0.244 e. The molecular formula is C26H37N3O6S. The molecule has 36 heavy (non-hydrogen) atoms. The smallest absolute Gasteiger partial charge is 0.244 e. The second-order valence-electron chi connectivity index (χ2n) is 8.56. The van der Waals surface area contributed by atoms with E-state index in [9.17, 15) is 18.0 Å². The number of ether oxygens (including phenoxy) is 2. The maximum absolute atomic E-state index is 13.8. The Hall–Kier alpha value is -3.27. The third kappa shape index (κ3) is 7.61. The van der Waals surface area contributed by atoms with E-state index in [0.717, 1.165) is 22.5 Å². The molecule has 2 amide bonds. The summed E-state index contributed by atoms with van der Waals surface area (Å²) in [5.74, 6) is 0.131. The van der Waals surface area contributed by atoms with Crippen LogP contribution in [0.1, 0.15) is 39.2 Å². The average molecular weight is 520 g/mol. The fourth-order valence-corrected chi connectivity index (χ4v) is 4.61. The fraction of sp³-hybridized carbons (Fsp3) is 0.462. The fourth-order valence-electron chi connectivity index (χ4n) is 3.76. The molecule has 0 spiro atoms. The highest BCUT2D eigenvalue weighted by molar-refractivity contribution is 7.92. The normalized spacial score (nSPS) is 12.8. The first-order valence-corrected chi connectivity index (χ1v) is 13.7. The monoisotopic (exact) mass is 519 g/mol. The van der Waals surface area contributed by atoms with Gasteiger partial charge in [-0.15, -0.1) is 0 Å². The molecule has 1 N–H and O–H groups in total. The van der Waals surface area contributed by atoms with Gasteiger partial charge in [0.25, 0.3) is 0 Å². The molecule has 0 aromatic heterocycles. The molecule has 0 unspecified atom stereocenters. The molecule has 0 radical (unpaired) electrons. The predicted octanol–water partition coefficient (Wildman–Crippen LogP) is 3.19. The lowest BCUT2D eigenvalue weighted by Gasteiger charge is -2.33. The van der Waals surface area contributed by atoms with E-state index < -0.39 is 28.5 Å². The highest BCUT2D eigenvalue weighted by Crippen LogP contribution is 2.30. The van der Waals surface area contributed by atoms with Crippen molar-refractivity contribution in [1.82, 2.24) is 10.2 Å². The zero-order valence-electron chi connectivity index (χ0n) is 21.9. The van der Waals surface area contributed by atoms with E-state index in [0.29, 0.717) is 17.9 Å². The number of nitrogens with one attached hydrogen (secondary N) is 1. The predicted molar refractivity (Wildman–Crippen MR) is 141 cm³/mol. The number of nitrogens with zero attached hydrogens (tertiary/aromatic N) is 2. The van der Waals surface area contributed by atoms with Gasteiger partial charge in [0, 0.05) is 12.6 Å². The van der Waals surface area contributed by atoms with Gasteiger partial charge in [0.05, 0.1) is 26.2 Å². The van der Waals surface area contributed by atoms with Gasteiger partial charge in [-0.2, -0.15) is 0 Å². The van der Waals surface area contributed by atoms with Crippen LogP contribution in [0.3, 0.4) is 0 Å². The van der Waals surface area contributed by atoms with Gasteiger partial charge < -0.3 is 19.7 Å². The zero-order chi connectivity index (χ0) is 26.9. The number of sulfonamides is 1. The van der Waals surface area contributed by atoms with Crippen molar-refractivity contribution in [3.05, 3.63) is 54.1 Å². The van der Waals surface area contributed by atoms with Crippen LogP contribution in [0.15, 0.2) is 48.5 Å². The SMILES string of the molecule is CC[C@@H](C)NC(=O)[C@@H](CC)N(Cc1cccc(OC)c1)C(=O)CN(c1ccccc1OC)S(C)(=O)=O. The van der Waals surface area contributed by atoms with Crippen molar-refractivity contribution in [3.8, 4) is 11.5 Å². The lowest BCUT2D eigenvalue weighted by Crippen LogP contribution is -2.53. The molecule has 0 aliphatic rings. The second-order valence-corrected chi connectivity index (χ2v) is 10.5. The van der Waals surface area contributed by atoms with E-state index in [1.807, 2.05) is 26.8 Å². The quantitative estimate of drug-likeness (QED) is 0.436. The van der Waals surface area contributed by atoms with Gasteiger partial charge in [0.15, 0.2) is 0 Å². The lowest BCUT2D eigenvalue weighted by atomic mass is 10.1. The minimum atomic E-state index is -3.85. The Bertz CT molecular complexity index is 1140. The molecule has 2 atom stereocenters. The van der Waals surface area contributed by atoms with Gasteiger partial charge >= 0.3 is 0 Å². The molecule has 0 aliphatic heterocycles. The molecule has 0 bridgehead atoms. The van der Waals surface area contributed by atoms with E-state index in [1.165, 1.54) is 12.0 Å². The number of hydrogen-bond donors (Lipinski definition) is 1. The lowest BCUT2D eigenvalue weighted by molar-refractivity contribution is -0.140. The van der Waals surface area contributed by atoms with Crippen LogP contribution in [-0.2, 0) is 26.2 Å². The summed E-state index contributed by atoms with van der Waals surface area (Å²) in [5.41, 5.74) is 0.995. The number of hydrogen-bond acceptors (Lipinski definition) is 6. The average Bonchev–Trinajstić information content (AvgIpc) is 2.86. The number of anilines is 1. The van der Waals surface area contributed by atoms with Gasteiger partial charge in [-0.05, 0) is 49.6 Å². The molecule has 198 valence electrons. The third-order valence-electron chi connectivity index (χ3n) is 5.91. The number of carbonyl (C=O) groups excluding carboxylic acids is 2. The van der Waals surface area contributed by atoms with E-state index in [1.54, 1.807) is 49.6 Å². The molecule has 9 nitrogen and oxygen atoms in total. The van der Waals surface area contributed by atoms with Crippen molar-refractivity contribution < 1.29 is 27.5 Å². The Kier molecular flexibility index (Phi) is 10.6. The van der Waals surface area contributed by atoms with Gasteiger partial charge in [0.2, 0.25) is 21.8 Å². The van der Waals surface area contributed by atoms with E-state index >= 15 is 0 Å². The molecular weight excluding hydrogens is 482 g/mol. The minimum absolute atomic E-state index is 0.0681. The van der Waals surface area contributed by atoms with Crippen molar-refractivity contribution >= 4 is 27.5 Å². The molecule has 0 heterocycles. The summed E-state index contributed by atoms with van der Waals surface area (Å²) in [4.78, 5) is 28.4. The van der Waals surface area contributed by atoms with Crippen LogP contribution < -0.4 is 19.1 Å².